The van der Waals surface area contributed by atoms with Gasteiger partial charge in [0.1, 0.15) is 5.75 Å². The highest BCUT2D eigenvalue weighted by Gasteiger charge is 2.34. The maximum Gasteiger partial charge on any atom is 0.418 e. The number of ether oxygens (including phenoxy) is 1. The minimum Gasteiger partial charge on any atom is -0.497 e. The minimum absolute atomic E-state index is 0.0736. The first kappa shape index (κ1) is 15.9. The fourth-order valence-corrected chi connectivity index (χ4v) is 2.61. The van der Waals surface area contributed by atoms with Crippen LogP contribution in [0, 0.1) is 0 Å². The van der Waals surface area contributed by atoms with Crippen molar-refractivity contribution in [2.75, 3.05) is 32.6 Å². The summed E-state index contributed by atoms with van der Waals surface area (Å²) in [6, 6.07) is 4.13. The van der Waals surface area contributed by atoms with Crippen LogP contribution in [0.15, 0.2) is 18.2 Å². The Bertz CT molecular complexity index is 476. The van der Waals surface area contributed by atoms with E-state index in [1.54, 1.807) is 6.07 Å². The second-order valence-electron chi connectivity index (χ2n) is 5.48. The van der Waals surface area contributed by atoms with Crippen LogP contribution in [-0.2, 0) is 6.18 Å². The molecule has 1 aromatic rings. The Hall–Kier alpha value is -1.43. The van der Waals surface area contributed by atoms with Crippen molar-refractivity contribution in [3.05, 3.63) is 23.8 Å². The van der Waals surface area contributed by atoms with E-state index in [9.17, 15) is 13.2 Å². The number of likely N-dealkylation sites (tertiary alicyclic amines) is 1. The van der Waals surface area contributed by atoms with Crippen molar-refractivity contribution >= 4 is 5.69 Å². The van der Waals surface area contributed by atoms with Gasteiger partial charge in [-0.05, 0) is 57.6 Å². The topological polar surface area (TPSA) is 24.5 Å². The third-order valence-electron chi connectivity index (χ3n) is 3.84. The zero-order valence-electron chi connectivity index (χ0n) is 12.3. The summed E-state index contributed by atoms with van der Waals surface area (Å²) in [6.45, 7) is 1.89. The van der Waals surface area contributed by atoms with Gasteiger partial charge in [-0.1, -0.05) is 0 Å². The number of alkyl halides is 3. The number of halogens is 3. The third-order valence-corrected chi connectivity index (χ3v) is 3.84. The lowest BCUT2D eigenvalue weighted by molar-refractivity contribution is -0.137. The second kappa shape index (κ2) is 6.56. The van der Waals surface area contributed by atoms with Crippen LogP contribution in [0.5, 0.6) is 5.75 Å². The standard InChI is InChI=1S/C15H21F3N2O/c1-20-8-3-4-11(7-9-20)19-14-6-5-12(21-2)10-13(14)15(16,17)18/h5-6,10-11,19H,3-4,7-9H2,1-2H3. The van der Waals surface area contributed by atoms with E-state index < -0.39 is 11.7 Å². The fraction of sp³-hybridized carbons (Fsp3) is 0.600. The molecule has 1 fully saturated rings. The number of nitrogens with zero attached hydrogens (tertiary/aromatic N) is 1. The van der Waals surface area contributed by atoms with Crippen molar-refractivity contribution in [3.63, 3.8) is 0 Å². The van der Waals surface area contributed by atoms with Gasteiger partial charge in [-0.2, -0.15) is 13.2 Å². The molecule has 1 unspecified atom stereocenters. The van der Waals surface area contributed by atoms with E-state index in [-0.39, 0.29) is 17.5 Å². The summed E-state index contributed by atoms with van der Waals surface area (Å²) in [4.78, 5) is 2.21. The molecule has 0 spiro atoms. The Labute approximate surface area is 123 Å². The average Bonchev–Trinajstić information content (AvgIpc) is 2.63. The predicted octanol–water partition coefficient (Wildman–Crippen LogP) is 3.61. The molecule has 0 saturated carbocycles. The zero-order valence-corrected chi connectivity index (χ0v) is 12.3. The Kier molecular flexibility index (Phi) is 4.98. The summed E-state index contributed by atoms with van der Waals surface area (Å²) in [5.41, 5.74) is -0.530. The van der Waals surface area contributed by atoms with Gasteiger partial charge in [0.2, 0.25) is 0 Å². The number of rotatable bonds is 3. The van der Waals surface area contributed by atoms with Gasteiger partial charge in [-0.15, -0.1) is 0 Å². The van der Waals surface area contributed by atoms with Gasteiger partial charge in [0.25, 0.3) is 0 Å². The van der Waals surface area contributed by atoms with Crippen molar-refractivity contribution in [1.29, 1.82) is 0 Å². The molecular weight excluding hydrogens is 281 g/mol. The number of anilines is 1. The van der Waals surface area contributed by atoms with Crippen molar-refractivity contribution in [2.45, 2.75) is 31.5 Å². The molecule has 0 aromatic heterocycles. The molecular formula is C15H21F3N2O. The van der Waals surface area contributed by atoms with Gasteiger partial charge >= 0.3 is 6.18 Å². The maximum atomic E-state index is 13.2. The summed E-state index contributed by atoms with van der Waals surface area (Å²) < 4.78 is 44.4. The Morgan fingerprint density at radius 2 is 2.00 bits per heavy atom. The molecule has 1 aliphatic heterocycles. The van der Waals surface area contributed by atoms with Crippen molar-refractivity contribution in [3.8, 4) is 5.75 Å². The van der Waals surface area contributed by atoms with Gasteiger partial charge in [0.05, 0.1) is 12.7 Å². The molecule has 1 aliphatic rings. The lowest BCUT2D eigenvalue weighted by Gasteiger charge is -2.21. The van der Waals surface area contributed by atoms with Crippen molar-refractivity contribution in [1.82, 2.24) is 4.90 Å². The van der Waals surface area contributed by atoms with E-state index in [0.29, 0.717) is 0 Å². The van der Waals surface area contributed by atoms with Crippen LogP contribution in [0.1, 0.15) is 24.8 Å². The molecule has 1 N–H and O–H groups in total. The van der Waals surface area contributed by atoms with E-state index in [1.165, 1.54) is 13.2 Å². The van der Waals surface area contributed by atoms with E-state index in [1.807, 2.05) is 7.05 Å². The minimum atomic E-state index is -4.39. The smallest absolute Gasteiger partial charge is 0.418 e. The third kappa shape index (κ3) is 4.27. The maximum absolute atomic E-state index is 13.2. The first-order valence-corrected chi connectivity index (χ1v) is 7.10. The Morgan fingerprint density at radius 3 is 2.67 bits per heavy atom. The van der Waals surface area contributed by atoms with Crippen LogP contribution in [0.25, 0.3) is 0 Å². The van der Waals surface area contributed by atoms with Gasteiger partial charge in [-0.25, -0.2) is 0 Å². The molecule has 0 amide bonds. The van der Waals surface area contributed by atoms with Gasteiger partial charge in [0, 0.05) is 11.7 Å². The lowest BCUT2D eigenvalue weighted by Crippen LogP contribution is -2.24. The number of hydrogen-bond acceptors (Lipinski definition) is 3. The van der Waals surface area contributed by atoms with Crippen molar-refractivity contribution in [2.24, 2.45) is 0 Å². The van der Waals surface area contributed by atoms with E-state index in [4.69, 9.17) is 4.74 Å². The van der Waals surface area contributed by atoms with E-state index >= 15 is 0 Å². The average molecular weight is 302 g/mol. The first-order valence-electron chi connectivity index (χ1n) is 7.10. The molecule has 0 bridgehead atoms. The predicted molar refractivity (Wildman–Crippen MR) is 76.8 cm³/mol. The zero-order chi connectivity index (χ0) is 15.5. The number of methoxy groups -OCH3 is 1. The molecule has 118 valence electrons. The molecule has 21 heavy (non-hydrogen) atoms. The molecule has 3 nitrogen and oxygen atoms in total. The monoisotopic (exact) mass is 302 g/mol. The van der Waals surface area contributed by atoms with E-state index in [2.05, 4.69) is 10.2 Å². The molecule has 2 rings (SSSR count). The van der Waals surface area contributed by atoms with Crippen LogP contribution in [0.3, 0.4) is 0 Å². The molecule has 0 radical (unpaired) electrons. The Morgan fingerprint density at radius 1 is 1.24 bits per heavy atom. The molecule has 1 saturated heterocycles. The lowest BCUT2D eigenvalue weighted by atomic mass is 10.1. The van der Waals surface area contributed by atoms with Gasteiger partial charge in [0.15, 0.2) is 0 Å². The summed E-state index contributed by atoms with van der Waals surface area (Å²) in [5.74, 6) is 0.216. The second-order valence-corrected chi connectivity index (χ2v) is 5.48. The number of hydrogen-bond donors (Lipinski definition) is 1. The highest BCUT2D eigenvalue weighted by molar-refractivity contribution is 5.56. The van der Waals surface area contributed by atoms with Crippen LogP contribution < -0.4 is 10.1 Å². The quantitative estimate of drug-likeness (QED) is 0.923. The highest BCUT2D eigenvalue weighted by Crippen LogP contribution is 2.37. The summed E-state index contributed by atoms with van der Waals surface area (Å²) >= 11 is 0. The summed E-state index contributed by atoms with van der Waals surface area (Å²) in [7, 11) is 3.40. The van der Waals surface area contributed by atoms with Crippen LogP contribution in [-0.4, -0.2) is 38.2 Å². The summed E-state index contributed by atoms with van der Waals surface area (Å²) in [6.07, 6.45) is -1.67. The van der Waals surface area contributed by atoms with Crippen LogP contribution >= 0.6 is 0 Å². The molecule has 1 atom stereocenters. The number of nitrogens with one attached hydrogen (secondary N) is 1. The normalized spacial score (nSPS) is 20.9. The first-order chi connectivity index (χ1) is 9.90. The molecule has 6 heteroatoms. The summed E-state index contributed by atoms with van der Waals surface area (Å²) in [5, 5.41) is 3.07. The van der Waals surface area contributed by atoms with E-state index in [0.717, 1.165) is 38.4 Å². The molecule has 1 heterocycles. The van der Waals surface area contributed by atoms with Crippen LogP contribution in [0.2, 0.25) is 0 Å². The number of benzene rings is 1. The van der Waals surface area contributed by atoms with Gasteiger partial charge in [-0.3, -0.25) is 0 Å². The SMILES string of the molecule is COc1ccc(NC2CCCN(C)CC2)c(C(F)(F)F)c1. The fourth-order valence-electron chi connectivity index (χ4n) is 2.61. The van der Waals surface area contributed by atoms with Crippen LogP contribution in [0.4, 0.5) is 18.9 Å². The molecule has 0 aliphatic carbocycles. The Balaban J connectivity index is 2.18. The van der Waals surface area contributed by atoms with Gasteiger partial charge < -0.3 is 15.0 Å². The highest BCUT2D eigenvalue weighted by atomic mass is 19.4. The van der Waals surface area contributed by atoms with Crippen molar-refractivity contribution < 1.29 is 17.9 Å². The largest absolute Gasteiger partial charge is 0.497 e. The molecule has 1 aromatic carbocycles.